The average molecular weight is 418 g/mol. The highest BCUT2D eigenvalue weighted by molar-refractivity contribution is 7.99. The molecule has 1 N–H and O–H groups in total. The molecule has 0 spiro atoms. The first kappa shape index (κ1) is 21.6. The molecule has 0 saturated carbocycles. The highest BCUT2D eigenvalue weighted by atomic mass is 32.2. The lowest BCUT2D eigenvalue weighted by atomic mass is 9.68. The molecule has 1 aliphatic heterocycles. The van der Waals surface area contributed by atoms with Crippen molar-refractivity contribution in [1.29, 1.82) is 0 Å². The third-order valence-electron chi connectivity index (χ3n) is 5.33. The summed E-state index contributed by atoms with van der Waals surface area (Å²) in [6.07, 6.45) is 1.14. The number of dihydropyridines is 1. The van der Waals surface area contributed by atoms with E-state index >= 15 is 0 Å². The van der Waals surface area contributed by atoms with Crippen molar-refractivity contribution >= 4 is 23.5 Å². The number of Topliss-reactive ketones (excluding diaryl/α,β-unsaturated/α-hetero) is 1. The molecule has 0 unspecified atom stereocenters. The minimum Gasteiger partial charge on any atom is -0.461 e. The summed E-state index contributed by atoms with van der Waals surface area (Å²) in [6, 6.07) is 6.03. The number of rotatable bonds is 6. The second kappa shape index (κ2) is 8.74. The van der Waals surface area contributed by atoms with Gasteiger partial charge in [-0.05, 0) is 42.2 Å². The van der Waals surface area contributed by atoms with Crippen molar-refractivity contribution in [1.82, 2.24) is 5.32 Å². The molecule has 1 aliphatic carbocycles. The van der Waals surface area contributed by atoms with Crippen LogP contribution in [0.1, 0.15) is 52.0 Å². The molecular weight excluding hydrogens is 389 g/mol. The largest absolute Gasteiger partial charge is 0.461 e. The van der Waals surface area contributed by atoms with Crippen molar-refractivity contribution in [3.63, 3.8) is 0 Å². The van der Waals surface area contributed by atoms with E-state index in [0.29, 0.717) is 29.9 Å². The van der Waals surface area contributed by atoms with Gasteiger partial charge in [0, 0.05) is 35.1 Å². The summed E-state index contributed by atoms with van der Waals surface area (Å²) in [4.78, 5) is 26.1. The maximum atomic E-state index is 13.5. The molecule has 4 nitrogen and oxygen atoms in total. The summed E-state index contributed by atoms with van der Waals surface area (Å²) in [5.41, 5.74) is 3.17. The Morgan fingerprint density at radius 3 is 2.62 bits per heavy atom. The van der Waals surface area contributed by atoms with Crippen LogP contribution in [0.25, 0.3) is 0 Å². The zero-order valence-corrected chi connectivity index (χ0v) is 18.2. The molecule has 1 atom stereocenters. The number of carbonyl (C=O) groups is 2. The van der Waals surface area contributed by atoms with Gasteiger partial charge in [0.1, 0.15) is 12.4 Å². The number of nitrogens with one attached hydrogen (secondary N) is 1. The first-order valence-corrected chi connectivity index (χ1v) is 11.1. The third kappa shape index (κ3) is 4.74. The first-order valence-electron chi connectivity index (χ1n) is 9.98. The van der Waals surface area contributed by atoms with Crippen LogP contribution in [-0.2, 0) is 14.3 Å². The van der Waals surface area contributed by atoms with E-state index in [2.05, 4.69) is 26.1 Å². The number of thioether (sulfide) groups is 1. The number of ether oxygens (including phenoxy) is 1. The van der Waals surface area contributed by atoms with E-state index in [1.54, 1.807) is 23.9 Å². The number of benzene rings is 1. The van der Waals surface area contributed by atoms with E-state index in [0.717, 1.165) is 29.2 Å². The predicted molar refractivity (Wildman–Crippen MR) is 114 cm³/mol. The Hall–Kier alpha value is -2.08. The van der Waals surface area contributed by atoms with Crippen LogP contribution >= 0.6 is 11.8 Å². The van der Waals surface area contributed by atoms with Crippen LogP contribution in [0.3, 0.4) is 0 Å². The lowest BCUT2D eigenvalue weighted by Crippen LogP contribution is -2.38. The fraction of sp³-hybridized carbons (Fsp3) is 0.478. The molecule has 2 aliphatic rings. The molecular formula is C23H28FNO3S. The Morgan fingerprint density at radius 2 is 1.97 bits per heavy atom. The third-order valence-corrected chi connectivity index (χ3v) is 6.19. The van der Waals surface area contributed by atoms with E-state index < -0.39 is 11.9 Å². The first-order chi connectivity index (χ1) is 13.7. The van der Waals surface area contributed by atoms with Crippen LogP contribution in [-0.4, -0.2) is 29.9 Å². The van der Waals surface area contributed by atoms with Crippen molar-refractivity contribution in [3.05, 3.63) is 58.2 Å². The average Bonchev–Trinajstić information content (AvgIpc) is 2.63. The second-order valence-corrected chi connectivity index (χ2v) is 9.71. The van der Waals surface area contributed by atoms with Gasteiger partial charge in [0.2, 0.25) is 0 Å². The SMILES string of the molecule is CCSCCOC(=O)C1=C(C)NC2=C(C(=O)CC(C)(C)C2)[C@H]1c1ccc(F)cc1. The minimum absolute atomic E-state index is 0.0254. The van der Waals surface area contributed by atoms with Crippen LogP contribution in [0.5, 0.6) is 0 Å². The van der Waals surface area contributed by atoms with Gasteiger partial charge in [-0.2, -0.15) is 11.8 Å². The van der Waals surface area contributed by atoms with Crippen molar-refractivity contribution in [3.8, 4) is 0 Å². The van der Waals surface area contributed by atoms with Crippen LogP contribution in [0.2, 0.25) is 0 Å². The van der Waals surface area contributed by atoms with Crippen molar-refractivity contribution in [2.75, 3.05) is 18.1 Å². The van der Waals surface area contributed by atoms with Gasteiger partial charge in [-0.25, -0.2) is 9.18 Å². The van der Waals surface area contributed by atoms with Gasteiger partial charge in [0.15, 0.2) is 5.78 Å². The molecule has 1 heterocycles. The van der Waals surface area contributed by atoms with Gasteiger partial charge in [0.25, 0.3) is 0 Å². The summed E-state index contributed by atoms with van der Waals surface area (Å²) >= 11 is 1.70. The molecule has 0 radical (unpaired) electrons. The zero-order chi connectivity index (χ0) is 21.2. The Balaban J connectivity index is 2.01. The Kier molecular flexibility index (Phi) is 6.52. The minimum atomic E-state index is -0.540. The summed E-state index contributed by atoms with van der Waals surface area (Å²) < 4.78 is 19.1. The van der Waals surface area contributed by atoms with Crippen LogP contribution in [0.15, 0.2) is 46.8 Å². The topological polar surface area (TPSA) is 55.4 Å². The molecule has 156 valence electrons. The molecule has 1 aromatic carbocycles. The Bertz CT molecular complexity index is 871. The number of carbonyl (C=O) groups excluding carboxylic acids is 2. The molecule has 0 amide bonds. The molecule has 3 rings (SSSR count). The molecule has 0 saturated heterocycles. The van der Waals surface area contributed by atoms with Gasteiger partial charge in [-0.1, -0.05) is 32.9 Å². The van der Waals surface area contributed by atoms with Crippen molar-refractivity contribution in [2.45, 2.75) is 46.5 Å². The quantitative estimate of drug-likeness (QED) is 0.536. The summed E-state index contributed by atoms with van der Waals surface area (Å²) in [7, 11) is 0. The molecule has 29 heavy (non-hydrogen) atoms. The van der Waals surface area contributed by atoms with Crippen LogP contribution in [0, 0.1) is 11.2 Å². The molecule has 6 heteroatoms. The highest BCUT2D eigenvalue weighted by Gasteiger charge is 2.43. The lowest BCUT2D eigenvalue weighted by molar-refractivity contribution is -0.138. The molecule has 0 bridgehead atoms. The smallest absolute Gasteiger partial charge is 0.336 e. The van der Waals surface area contributed by atoms with E-state index in [4.69, 9.17) is 4.74 Å². The number of ketones is 1. The molecule has 0 fully saturated rings. The number of hydrogen-bond acceptors (Lipinski definition) is 5. The molecule has 1 aromatic rings. The van der Waals surface area contributed by atoms with Crippen molar-refractivity contribution in [2.24, 2.45) is 5.41 Å². The van der Waals surface area contributed by atoms with Gasteiger partial charge >= 0.3 is 5.97 Å². The van der Waals surface area contributed by atoms with Gasteiger partial charge in [-0.3, -0.25) is 4.79 Å². The normalized spacial score (nSPS) is 21.0. The second-order valence-electron chi connectivity index (χ2n) is 8.31. The van der Waals surface area contributed by atoms with E-state index in [-0.39, 0.29) is 17.0 Å². The zero-order valence-electron chi connectivity index (χ0n) is 17.4. The summed E-state index contributed by atoms with van der Waals surface area (Å²) in [6.45, 7) is 8.34. The van der Waals surface area contributed by atoms with Gasteiger partial charge in [-0.15, -0.1) is 0 Å². The fourth-order valence-electron chi connectivity index (χ4n) is 4.11. The van der Waals surface area contributed by atoms with Gasteiger partial charge < -0.3 is 10.1 Å². The van der Waals surface area contributed by atoms with E-state index in [1.165, 1.54) is 12.1 Å². The Labute approximate surface area is 176 Å². The van der Waals surface area contributed by atoms with Crippen LogP contribution in [0.4, 0.5) is 4.39 Å². The number of esters is 1. The lowest BCUT2D eigenvalue weighted by Gasteiger charge is -2.39. The highest BCUT2D eigenvalue weighted by Crippen LogP contribution is 2.46. The van der Waals surface area contributed by atoms with Crippen molar-refractivity contribution < 1.29 is 18.7 Å². The standard InChI is InChI=1S/C23H28FNO3S/c1-5-29-11-10-28-22(27)19-14(2)25-17-12-23(3,4)13-18(26)21(17)20(19)15-6-8-16(24)9-7-15/h6-9,20,25H,5,10-13H2,1-4H3/t20-/m0/s1. The fourth-order valence-corrected chi connectivity index (χ4v) is 4.60. The molecule has 0 aromatic heterocycles. The maximum absolute atomic E-state index is 13.5. The number of halogens is 1. The monoisotopic (exact) mass is 417 g/mol. The number of hydrogen-bond donors (Lipinski definition) is 1. The van der Waals surface area contributed by atoms with Crippen LogP contribution < -0.4 is 5.32 Å². The van der Waals surface area contributed by atoms with E-state index in [9.17, 15) is 14.0 Å². The predicted octanol–water partition coefficient (Wildman–Crippen LogP) is 4.73. The number of allylic oxidation sites excluding steroid dienone is 3. The Morgan fingerprint density at radius 1 is 1.28 bits per heavy atom. The summed E-state index contributed by atoms with van der Waals surface area (Å²) in [5.74, 6) is 0.392. The maximum Gasteiger partial charge on any atom is 0.336 e. The van der Waals surface area contributed by atoms with E-state index in [1.807, 2.05) is 6.92 Å². The summed E-state index contributed by atoms with van der Waals surface area (Å²) in [5, 5.41) is 3.31. The van der Waals surface area contributed by atoms with Gasteiger partial charge in [0.05, 0.1) is 5.57 Å².